The number of carboxylic acids is 1. The molecule has 0 aliphatic carbocycles. The minimum atomic E-state index is -0.703. The summed E-state index contributed by atoms with van der Waals surface area (Å²) in [7, 11) is 0. The molecule has 2 fully saturated rings. The van der Waals surface area contributed by atoms with Crippen LogP contribution in [0, 0.1) is 5.92 Å². The highest BCUT2D eigenvalue weighted by Gasteiger charge is 2.48. The van der Waals surface area contributed by atoms with E-state index < -0.39 is 5.97 Å². The number of allylic oxidation sites excluding steroid dienone is 3. The third-order valence-corrected chi connectivity index (χ3v) is 6.11. The number of aliphatic carboxylic acids is 1. The molecule has 0 unspecified atom stereocenters. The smallest absolute Gasteiger partial charge is 0.303 e. The number of thioether (sulfide) groups is 1. The van der Waals surface area contributed by atoms with Gasteiger partial charge in [0.15, 0.2) is 0 Å². The first-order valence-corrected chi connectivity index (χ1v) is 9.52. The Morgan fingerprint density at radius 2 is 2.05 bits per heavy atom. The van der Waals surface area contributed by atoms with Gasteiger partial charge < -0.3 is 9.84 Å². The van der Waals surface area contributed by atoms with Gasteiger partial charge in [-0.15, -0.1) is 6.58 Å². The maximum atomic E-state index is 10.5. The van der Waals surface area contributed by atoms with E-state index in [-0.39, 0.29) is 6.42 Å². The second kappa shape index (κ2) is 9.41. The van der Waals surface area contributed by atoms with Crippen molar-refractivity contribution < 1.29 is 14.6 Å². The first-order chi connectivity index (χ1) is 10.7. The van der Waals surface area contributed by atoms with Crippen LogP contribution in [0.1, 0.15) is 51.4 Å². The highest BCUT2D eigenvalue weighted by Crippen LogP contribution is 2.46. The van der Waals surface area contributed by atoms with Crippen molar-refractivity contribution in [2.75, 3.05) is 5.75 Å². The Hall–Kier alpha value is -0.740. The van der Waals surface area contributed by atoms with E-state index in [2.05, 4.69) is 30.5 Å². The standard InChI is InChI=1S/C18H28O3S/c1-2-3-8-13-22-18-14(15-11-12-16(18)21-15)9-6-4-5-7-10-17(19)20/h2,4,6,14-16,18H,1,3,5,7-13H2,(H,19,20)/b6-4-/t14-,15+,16-,18+/m0/s1. The van der Waals surface area contributed by atoms with Crippen LogP contribution in [0.4, 0.5) is 0 Å². The Balaban J connectivity index is 1.71. The quantitative estimate of drug-likeness (QED) is 0.451. The van der Waals surface area contributed by atoms with E-state index in [1.165, 1.54) is 25.0 Å². The molecule has 0 saturated carbocycles. The topological polar surface area (TPSA) is 46.5 Å². The van der Waals surface area contributed by atoms with Gasteiger partial charge in [0.25, 0.3) is 0 Å². The van der Waals surface area contributed by atoms with Gasteiger partial charge in [0.2, 0.25) is 0 Å². The molecule has 0 radical (unpaired) electrons. The van der Waals surface area contributed by atoms with Gasteiger partial charge in [-0.25, -0.2) is 0 Å². The van der Waals surface area contributed by atoms with E-state index in [1.807, 2.05) is 6.08 Å². The van der Waals surface area contributed by atoms with Gasteiger partial charge >= 0.3 is 5.97 Å². The predicted molar refractivity (Wildman–Crippen MR) is 92.3 cm³/mol. The number of rotatable bonds is 11. The maximum absolute atomic E-state index is 10.5. The van der Waals surface area contributed by atoms with E-state index in [4.69, 9.17) is 9.84 Å². The number of hydrogen-bond acceptors (Lipinski definition) is 3. The van der Waals surface area contributed by atoms with Crippen molar-refractivity contribution in [1.29, 1.82) is 0 Å². The molecule has 4 heteroatoms. The second-order valence-electron chi connectivity index (χ2n) is 6.21. The van der Waals surface area contributed by atoms with Gasteiger partial charge in [0.1, 0.15) is 0 Å². The van der Waals surface area contributed by atoms with Crippen LogP contribution in [0.15, 0.2) is 24.8 Å². The maximum Gasteiger partial charge on any atom is 0.303 e. The summed E-state index contributed by atoms with van der Waals surface area (Å²) in [5.41, 5.74) is 0. The largest absolute Gasteiger partial charge is 0.481 e. The zero-order valence-corrected chi connectivity index (χ0v) is 14.1. The Bertz CT molecular complexity index is 394. The van der Waals surface area contributed by atoms with E-state index in [9.17, 15) is 4.79 Å². The summed E-state index contributed by atoms with van der Waals surface area (Å²) in [6.45, 7) is 3.78. The molecule has 0 aromatic carbocycles. The molecular formula is C18H28O3S. The van der Waals surface area contributed by atoms with Crippen LogP contribution in [0.3, 0.4) is 0 Å². The molecule has 0 amide bonds. The molecule has 4 atom stereocenters. The molecule has 2 bridgehead atoms. The SMILES string of the molecule is C=CCCCS[C@@H]1[C@@H](C/C=C\CCCC(=O)O)[C@H]2CC[C@@H]1O2. The summed E-state index contributed by atoms with van der Waals surface area (Å²) in [6.07, 6.45) is 15.0. The Morgan fingerprint density at radius 1 is 1.23 bits per heavy atom. The van der Waals surface area contributed by atoms with Gasteiger partial charge in [0.05, 0.1) is 12.2 Å². The van der Waals surface area contributed by atoms with Crippen molar-refractivity contribution in [2.24, 2.45) is 5.92 Å². The third kappa shape index (κ3) is 5.17. The summed E-state index contributed by atoms with van der Waals surface area (Å²) in [4.78, 5) is 10.5. The highest BCUT2D eigenvalue weighted by atomic mass is 32.2. The molecule has 22 heavy (non-hydrogen) atoms. The fourth-order valence-electron chi connectivity index (χ4n) is 3.44. The van der Waals surface area contributed by atoms with Gasteiger partial charge in [-0.3, -0.25) is 4.79 Å². The number of fused-ring (bicyclic) bond motifs is 2. The van der Waals surface area contributed by atoms with Crippen LogP contribution in [-0.4, -0.2) is 34.3 Å². The van der Waals surface area contributed by atoms with Gasteiger partial charge in [-0.1, -0.05) is 18.2 Å². The summed E-state index contributed by atoms with van der Waals surface area (Å²) in [5.74, 6) is 1.14. The van der Waals surface area contributed by atoms with Crippen molar-refractivity contribution in [3.8, 4) is 0 Å². The molecule has 2 aliphatic heterocycles. The van der Waals surface area contributed by atoms with Crippen LogP contribution in [0.2, 0.25) is 0 Å². The van der Waals surface area contributed by atoms with E-state index in [1.54, 1.807) is 0 Å². The summed E-state index contributed by atoms with van der Waals surface area (Å²) >= 11 is 2.08. The monoisotopic (exact) mass is 324 g/mol. The molecule has 1 N–H and O–H groups in total. The van der Waals surface area contributed by atoms with E-state index in [0.29, 0.717) is 23.4 Å². The van der Waals surface area contributed by atoms with Crippen LogP contribution in [-0.2, 0) is 9.53 Å². The van der Waals surface area contributed by atoms with Crippen molar-refractivity contribution in [2.45, 2.75) is 68.8 Å². The van der Waals surface area contributed by atoms with Gasteiger partial charge in [-0.2, -0.15) is 11.8 Å². The fourth-order valence-corrected chi connectivity index (χ4v) is 4.99. The van der Waals surface area contributed by atoms with Gasteiger partial charge in [0, 0.05) is 17.6 Å². The van der Waals surface area contributed by atoms with Crippen molar-refractivity contribution in [3.63, 3.8) is 0 Å². The lowest BCUT2D eigenvalue weighted by atomic mass is 9.86. The lowest BCUT2D eigenvalue weighted by Gasteiger charge is -2.26. The van der Waals surface area contributed by atoms with E-state index in [0.717, 1.165) is 25.7 Å². The Labute approximate surface area is 138 Å². The molecule has 2 rings (SSSR count). The summed E-state index contributed by atoms with van der Waals surface area (Å²) < 4.78 is 6.11. The number of hydrogen-bond donors (Lipinski definition) is 1. The summed E-state index contributed by atoms with van der Waals surface area (Å²) in [5, 5.41) is 9.27. The lowest BCUT2D eigenvalue weighted by Crippen LogP contribution is -2.29. The van der Waals surface area contributed by atoms with Crippen LogP contribution in [0.5, 0.6) is 0 Å². The zero-order valence-electron chi connectivity index (χ0n) is 13.3. The molecule has 2 heterocycles. The van der Waals surface area contributed by atoms with Crippen LogP contribution in [0.25, 0.3) is 0 Å². The number of unbranched alkanes of at least 4 members (excludes halogenated alkanes) is 2. The molecule has 2 aliphatic rings. The fraction of sp³-hybridized carbons (Fsp3) is 0.722. The Morgan fingerprint density at radius 3 is 2.82 bits per heavy atom. The average molecular weight is 324 g/mol. The normalized spacial score (nSPS) is 30.2. The third-order valence-electron chi connectivity index (χ3n) is 4.55. The van der Waals surface area contributed by atoms with Gasteiger partial charge in [-0.05, 0) is 50.7 Å². The van der Waals surface area contributed by atoms with E-state index >= 15 is 0 Å². The first-order valence-electron chi connectivity index (χ1n) is 8.47. The zero-order chi connectivity index (χ0) is 15.8. The molecule has 124 valence electrons. The van der Waals surface area contributed by atoms with Crippen LogP contribution < -0.4 is 0 Å². The Kier molecular flexibility index (Phi) is 7.53. The minimum Gasteiger partial charge on any atom is -0.481 e. The van der Waals surface area contributed by atoms with Crippen molar-refractivity contribution in [3.05, 3.63) is 24.8 Å². The van der Waals surface area contributed by atoms with Crippen LogP contribution >= 0.6 is 11.8 Å². The number of carboxylic acid groups (broad SMARTS) is 1. The molecule has 2 saturated heterocycles. The second-order valence-corrected chi connectivity index (χ2v) is 7.50. The summed E-state index contributed by atoms with van der Waals surface area (Å²) in [6, 6.07) is 0. The molecular weight excluding hydrogens is 296 g/mol. The average Bonchev–Trinajstić information content (AvgIpc) is 3.08. The highest BCUT2D eigenvalue weighted by molar-refractivity contribution is 7.99. The molecule has 0 spiro atoms. The number of ether oxygens (including phenoxy) is 1. The molecule has 3 nitrogen and oxygen atoms in total. The predicted octanol–water partition coefficient (Wildman–Crippen LogP) is 4.43. The lowest BCUT2D eigenvalue weighted by molar-refractivity contribution is -0.137. The van der Waals surface area contributed by atoms with Crippen molar-refractivity contribution in [1.82, 2.24) is 0 Å². The minimum absolute atomic E-state index is 0.267. The number of carbonyl (C=O) groups is 1. The first kappa shape index (κ1) is 17.6. The van der Waals surface area contributed by atoms with Crippen molar-refractivity contribution >= 4 is 17.7 Å². The molecule has 0 aromatic rings. The molecule has 0 aromatic heterocycles.